The summed E-state index contributed by atoms with van der Waals surface area (Å²) in [5.74, 6) is 1.78. The van der Waals surface area contributed by atoms with Gasteiger partial charge in [-0.1, -0.05) is 25.8 Å². The maximum absolute atomic E-state index is 12.3. The van der Waals surface area contributed by atoms with E-state index in [0.717, 1.165) is 3.39 Å². The highest BCUT2D eigenvalue weighted by Gasteiger charge is 2.61. The van der Waals surface area contributed by atoms with Crippen LogP contribution in [-0.2, 0) is 22.7 Å². The first-order valence-electron chi connectivity index (χ1n) is 7.14. The maximum atomic E-state index is 12.3. The van der Waals surface area contributed by atoms with Crippen LogP contribution in [0.5, 0.6) is 0 Å². The van der Waals surface area contributed by atoms with Crippen LogP contribution in [0.4, 0.5) is 5.82 Å². The average Bonchev–Trinajstić information content (AvgIpc) is 2.82. The van der Waals surface area contributed by atoms with Gasteiger partial charge in [0.05, 0.1) is 15.5 Å². The molecule has 0 aromatic carbocycles. The number of carbonyl (C=O) groups excluding carboxylic acids is 1. The summed E-state index contributed by atoms with van der Waals surface area (Å²) in [7, 11) is 0. The second kappa shape index (κ2) is 7.11. The van der Waals surface area contributed by atoms with Gasteiger partial charge in [0.2, 0.25) is 0 Å². The molecule has 8 heteroatoms. The van der Waals surface area contributed by atoms with Gasteiger partial charge >= 0.3 is 11.8 Å². The van der Waals surface area contributed by atoms with Crippen LogP contribution >= 0.6 is 31.9 Å². The molecule has 0 spiro atoms. The van der Waals surface area contributed by atoms with Gasteiger partial charge in [-0.3, -0.25) is 4.79 Å². The van der Waals surface area contributed by atoms with Crippen molar-refractivity contribution < 1.29 is 14.5 Å². The molecule has 1 heterocycles. The molecule has 1 aliphatic rings. The molecule has 0 amide bonds. The number of allylic oxidation sites excluding steroid dienone is 1. The number of ether oxygens (including phenoxy) is 1. The molecule has 6 nitrogen and oxygen atoms in total. The number of carbonyl (C=O) groups is 1. The Morgan fingerprint density at radius 1 is 1.58 bits per heavy atom. The Morgan fingerprint density at radius 3 is 2.79 bits per heavy atom. The van der Waals surface area contributed by atoms with Crippen LogP contribution in [0.25, 0.3) is 0 Å². The smallest absolute Gasteiger partial charge is 0.324 e. The Balaban J connectivity index is 2.03. The minimum atomic E-state index is -0.513. The van der Waals surface area contributed by atoms with E-state index in [9.17, 15) is 14.9 Å². The minimum absolute atomic E-state index is 0.0181. The fraction of sp³-hybridized carbons (Fsp3) is 0.438. The van der Waals surface area contributed by atoms with Gasteiger partial charge in [-0.25, -0.2) is 4.57 Å². The lowest BCUT2D eigenvalue weighted by Crippen LogP contribution is -2.10. The molecule has 2 rings (SSSR count). The van der Waals surface area contributed by atoms with Gasteiger partial charge in [-0.05, 0) is 48.1 Å². The summed E-state index contributed by atoms with van der Waals surface area (Å²) in [4.78, 5) is 22.8. The van der Waals surface area contributed by atoms with Crippen LogP contribution in [0, 0.1) is 39.7 Å². The van der Waals surface area contributed by atoms with Gasteiger partial charge in [-0.15, -0.1) is 6.42 Å². The molecule has 24 heavy (non-hydrogen) atoms. The third-order valence-electron chi connectivity index (χ3n) is 4.23. The summed E-state index contributed by atoms with van der Waals surface area (Å²) in [6, 6.07) is 1.37. The van der Waals surface area contributed by atoms with E-state index in [2.05, 4.69) is 37.8 Å². The number of hydrogen-bond acceptors (Lipinski definition) is 4. The zero-order chi connectivity index (χ0) is 18.1. The van der Waals surface area contributed by atoms with Crippen molar-refractivity contribution in [2.45, 2.75) is 27.0 Å². The number of rotatable bonds is 6. The van der Waals surface area contributed by atoms with Crippen molar-refractivity contribution in [2.75, 3.05) is 0 Å². The summed E-state index contributed by atoms with van der Waals surface area (Å²) < 4.78 is 7.48. The number of halogens is 2. The van der Waals surface area contributed by atoms with E-state index in [1.165, 1.54) is 16.8 Å². The molecule has 1 aromatic heterocycles. The van der Waals surface area contributed by atoms with Crippen molar-refractivity contribution in [1.82, 2.24) is 4.57 Å². The lowest BCUT2D eigenvalue weighted by molar-refractivity contribution is -0.391. The highest BCUT2D eigenvalue weighted by molar-refractivity contribution is 9.28. The molecule has 0 saturated heterocycles. The van der Waals surface area contributed by atoms with Gasteiger partial charge in [0.15, 0.2) is 6.54 Å². The predicted molar refractivity (Wildman–Crippen MR) is 96.4 cm³/mol. The fourth-order valence-electron chi connectivity index (χ4n) is 2.83. The number of hydrogen-bond donors (Lipinski definition) is 0. The first-order valence-corrected chi connectivity index (χ1v) is 8.73. The van der Waals surface area contributed by atoms with Gasteiger partial charge in [-0.2, -0.15) is 0 Å². The number of terminal acetylenes is 1. The Bertz CT molecular complexity index is 742. The van der Waals surface area contributed by atoms with Crippen LogP contribution in [-0.4, -0.2) is 15.5 Å². The van der Waals surface area contributed by atoms with Crippen molar-refractivity contribution >= 4 is 43.6 Å². The van der Waals surface area contributed by atoms with E-state index < -0.39 is 4.92 Å². The van der Waals surface area contributed by atoms with Crippen LogP contribution in [0.3, 0.4) is 0 Å². The van der Waals surface area contributed by atoms with Crippen molar-refractivity contribution in [3.8, 4) is 12.3 Å². The average molecular weight is 460 g/mol. The van der Waals surface area contributed by atoms with E-state index in [4.69, 9.17) is 11.2 Å². The molecule has 0 aliphatic heterocycles. The number of nitrogens with zero attached hydrogens (tertiary/aromatic N) is 2. The van der Waals surface area contributed by atoms with Crippen molar-refractivity contribution in [3.63, 3.8) is 0 Å². The molecule has 1 fully saturated rings. The number of aromatic nitrogens is 1. The third kappa shape index (κ3) is 3.90. The molecule has 0 unspecified atom stereocenters. The Morgan fingerprint density at radius 2 is 2.25 bits per heavy atom. The molecule has 1 aromatic rings. The standard InChI is InChI=1S/C16H16Br2N2O4/c1-4-5-19-8-10(6-13(19)20(22)23)9-24-15(21)14-11(7-12(17)18)16(14,2)3/h1,6-8,11,14H,5,9H2,2-3H3/t11-,14-/m0/s1. The zero-order valence-corrected chi connectivity index (χ0v) is 16.3. The van der Waals surface area contributed by atoms with E-state index in [1.54, 1.807) is 0 Å². The maximum Gasteiger partial charge on any atom is 0.324 e. The second-order valence-electron chi connectivity index (χ2n) is 6.18. The molecule has 2 atom stereocenters. The van der Waals surface area contributed by atoms with Crippen LogP contribution < -0.4 is 0 Å². The van der Waals surface area contributed by atoms with E-state index in [0.29, 0.717) is 5.56 Å². The van der Waals surface area contributed by atoms with Crippen molar-refractivity contribution in [2.24, 2.45) is 17.3 Å². The lowest BCUT2D eigenvalue weighted by Gasteiger charge is -2.03. The molecule has 1 saturated carbocycles. The summed E-state index contributed by atoms with van der Waals surface area (Å²) >= 11 is 6.60. The van der Waals surface area contributed by atoms with Gasteiger partial charge in [0, 0.05) is 11.6 Å². The monoisotopic (exact) mass is 458 g/mol. The predicted octanol–water partition coefficient (Wildman–Crippen LogP) is 3.98. The minimum Gasteiger partial charge on any atom is -0.460 e. The SMILES string of the molecule is C#CCn1cc(COC(=O)[C@@H]2[C@H](C=C(Br)Br)C2(C)C)cc1[N+](=O)[O-]. The Kier molecular flexibility index (Phi) is 5.56. The summed E-state index contributed by atoms with van der Waals surface area (Å²) in [5, 5.41) is 11.0. The third-order valence-corrected chi connectivity index (χ3v) is 4.76. The van der Waals surface area contributed by atoms with Crippen LogP contribution in [0.1, 0.15) is 19.4 Å². The van der Waals surface area contributed by atoms with Crippen molar-refractivity contribution in [1.29, 1.82) is 0 Å². The molecule has 0 bridgehead atoms. The van der Waals surface area contributed by atoms with Crippen LogP contribution in [0.2, 0.25) is 0 Å². The number of esters is 1. The molecule has 1 aliphatic carbocycles. The van der Waals surface area contributed by atoms with E-state index in [-0.39, 0.29) is 42.2 Å². The van der Waals surface area contributed by atoms with Crippen LogP contribution in [0.15, 0.2) is 21.7 Å². The highest BCUT2D eigenvalue weighted by Crippen LogP contribution is 2.60. The summed E-state index contributed by atoms with van der Waals surface area (Å²) in [6.45, 7) is 4.07. The first-order chi connectivity index (χ1) is 11.2. The quantitative estimate of drug-likeness (QED) is 0.279. The van der Waals surface area contributed by atoms with Gasteiger partial charge in [0.25, 0.3) is 0 Å². The normalized spacial score (nSPS) is 20.8. The van der Waals surface area contributed by atoms with Gasteiger partial charge in [0.1, 0.15) is 6.61 Å². The Labute approximate surface area is 156 Å². The first kappa shape index (κ1) is 18.7. The Hall–Kier alpha value is -1.59. The van der Waals surface area contributed by atoms with Crippen molar-refractivity contribution in [3.05, 3.63) is 37.4 Å². The largest absolute Gasteiger partial charge is 0.460 e. The molecule has 128 valence electrons. The molecular formula is C16H16Br2N2O4. The number of nitro groups is 1. The molecular weight excluding hydrogens is 444 g/mol. The fourth-order valence-corrected chi connectivity index (χ4v) is 3.40. The second-order valence-corrected chi connectivity index (χ2v) is 8.96. The van der Waals surface area contributed by atoms with Gasteiger partial charge < -0.3 is 14.9 Å². The summed E-state index contributed by atoms with van der Waals surface area (Å²) in [5.41, 5.74) is 0.364. The lowest BCUT2D eigenvalue weighted by atomic mass is 10.1. The zero-order valence-electron chi connectivity index (χ0n) is 13.2. The van der Waals surface area contributed by atoms with E-state index >= 15 is 0 Å². The topological polar surface area (TPSA) is 74.4 Å². The molecule has 0 radical (unpaired) electrons. The summed E-state index contributed by atoms with van der Waals surface area (Å²) in [6.07, 6.45) is 8.67. The van der Waals surface area contributed by atoms with E-state index in [1.807, 2.05) is 19.9 Å². The molecule has 0 N–H and O–H groups in total. The highest BCUT2D eigenvalue weighted by atomic mass is 79.9.